The van der Waals surface area contributed by atoms with E-state index in [0.717, 1.165) is 6.42 Å². The second-order valence-corrected chi connectivity index (χ2v) is 5.84. The molecule has 0 saturated carbocycles. The van der Waals surface area contributed by atoms with Crippen LogP contribution in [0.5, 0.6) is 0 Å². The van der Waals surface area contributed by atoms with Crippen LogP contribution in [0.3, 0.4) is 0 Å². The first-order valence-corrected chi connectivity index (χ1v) is 7.22. The average molecular weight is 308 g/mol. The molecule has 1 heterocycles. The highest BCUT2D eigenvalue weighted by atomic mass is 35.5. The predicted octanol–water partition coefficient (Wildman–Crippen LogP) is 2.36. The molecule has 0 unspecified atom stereocenters. The number of hydrogen-bond acceptors (Lipinski definition) is 3. The molecule has 2 rings (SSSR count). The standard InChI is InChI=1S/C15H18ClN3O2/c1-9(2)6-7-17-15(21)13-14(20)11-8-10(16)4-5-12(11)19(3)18-13/h4-5,8-9H,6-7H2,1-3H3,(H,17,21). The Kier molecular flexibility index (Phi) is 4.63. The SMILES string of the molecule is CC(C)CCNC(=O)c1nn(C)c2ccc(Cl)cc2c1=O. The Hall–Kier alpha value is -1.88. The van der Waals surface area contributed by atoms with Crippen LogP contribution in [0.4, 0.5) is 0 Å². The number of aryl methyl sites for hydroxylation is 1. The number of amides is 1. The van der Waals surface area contributed by atoms with Crippen molar-refractivity contribution in [2.75, 3.05) is 6.54 Å². The quantitative estimate of drug-likeness (QED) is 0.943. The molecule has 0 aliphatic carbocycles. The number of rotatable bonds is 4. The first-order chi connectivity index (χ1) is 9.90. The van der Waals surface area contributed by atoms with Gasteiger partial charge in [-0.25, -0.2) is 0 Å². The number of hydrogen-bond donors (Lipinski definition) is 1. The fourth-order valence-corrected chi connectivity index (χ4v) is 2.23. The van der Waals surface area contributed by atoms with E-state index in [-0.39, 0.29) is 5.69 Å². The molecule has 112 valence electrons. The maximum atomic E-state index is 12.4. The number of halogens is 1. The summed E-state index contributed by atoms with van der Waals surface area (Å²) in [5, 5.41) is 7.66. The molecule has 0 spiro atoms. The molecular weight excluding hydrogens is 290 g/mol. The zero-order chi connectivity index (χ0) is 15.6. The summed E-state index contributed by atoms with van der Waals surface area (Å²) in [5.74, 6) is 0.0367. The number of carbonyl (C=O) groups is 1. The minimum Gasteiger partial charge on any atom is -0.351 e. The smallest absolute Gasteiger partial charge is 0.275 e. The summed E-state index contributed by atoms with van der Waals surface area (Å²) >= 11 is 5.92. The van der Waals surface area contributed by atoms with Crippen molar-refractivity contribution in [1.82, 2.24) is 15.1 Å². The van der Waals surface area contributed by atoms with Crippen molar-refractivity contribution in [3.8, 4) is 0 Å². The zero-order valence-electron chi connectivity index (χ0n) is 12.3. The Morgan fingerprint density at radius 1 is 1.43 bits per heavy atom. The topological polar surface area (TPSA) is 64.0 Å². The molecule has 1 aromatic heterocycles. The normalized spacial score (nSPS) is 11.1. The molecule has 0 radical (unpaired) electrons. The maximum Gasteiger partial charge on any atom is 0.275 e. The molecular formula is C15H18ClN3O2. The monoisotopic (exact) mass is 307 g/mol. The van der Waals surface area contributed by atoms with Gasteiger partial charge in [-0.15, -0.1) is 0 Å². The van der Waals surface area contributed by atoms with Crippen molar-refractivity contribution >= 4 is 28.4 Å². The fourth-order valence-electron chi connectivity index (χ4n) is 2.06. The van der Waals surface area contributed by atoms with Crippen molar-refractivity contribution < 1.29 is 4.79 Å². The minimum atomic E-state index is -0.446. The van der Waals surface area contributed by atoms with E-state index in [9.17, 15) is 9.59 Å². The van der Waals surface area contributed by atoms with Gasteiger partial charge in [-0.1, -0.05) is 25.4 Å². The van der Waals surface area contributed by atoms with Crippen LogP contribution in [0.15, 0.2) is 23.0 Å². The lowest BCUT2D eigenvalue weighted by molar-refractivity contribution is 0.0944. The third-order valence-electron chi connectivity index (χ3n) is 3.24. The van der Waals surface area contributed by atoms with Crippen LogP contribution >= 0.6 is 11.6 Å². The van der Waals surface area contributed by atoms with Crippen LogP contribution in [0.2, 0.25) is 5.02 Å². The summed E-state index contributed by atoms with van der Waals surface area (Å²) in [5.41, 5.74) is 0.145. The van der Waals surface area contributed by atoms with Gasteiger partial charge in [0.1, 0.15) is 0 Å². The average Bonchev–Trinajstić information content (AvgIpc) is 2.42. The van der Waals surface area contributed by atoms with Crippen LogP contribution in [0.1, 0.15) is 30.8 Å². The van der Waals surface area contributed by atoms with Crippen molar-refractivity contribution in [3.05, 3.63) is 39.1 Å². The van der Waals surface area contributed by atoms with E-state index in [1.807, 2.05) is 0 Å². The maximum absolute atomic E-state index is 12.4. The molecule has 1 aromatic carbocycles. The van der Waals surface area contributed by atoms with E-state index in [2.05, 4.69) is 24.3 Å². The molecule has 5 nitrogen and oxygen atoms in total. The molecule has 0 aliphatic heterocycles. The van der Waals surface area contributed by atoms with Crippen molar-refractivity contribution in [1.29, 1.82) is 0 Å². The molecule has 1 N–H and O–H groups in total. The lowest BCUT2D eigenvalue weighted by Crippen LogP contribution is -2.32. The third-order valence-corrected chi connectivity index (χ3v) is 3.47. The van der Waals surface area contributed by atoms with E-state index in [0.29, 0.717) is 28.4 Å². The summed E-state index contributed by atoms with van der Waals surface area (Å²) in [6.45, 7) is 4.66. The number of benzene rings is 1. The van der Waals surface area contributed by atoms with Crippen molar-refractivity contribution in [2.45, 2.75) is 20.3 Å². The van der Waals surface area contributed by atoms with Crippen LogP contribution in [-0.4, -0.2) is 22.2 Å². The van der Waals surface area contributed by atoms with E-state index in [4.69, 9.17) is 11.6 Å². The number of aromatic nitrogens is 2. The summed E-state index contributed by atoms with van der Waals surface area (Å²) in [4.78, 5) is 24.5. The number of fused-ring (bicyclic) bond motifs is 1. The third kappa shape index (κ3) is 3.42. The summed E-state index contributed by atoms with van der Waals surface area (Å²) in [6.07, 6.45) is 0.853. The number of nitrogens with zero attached hydrogens (tertiary/aromatic N) is 2. The molecule has 2 aromatic rings. The van der Waals surface area contributed by atoms with Crippen LogP contribution in [0.25, 0.3) is 10.9 Å². The molecule has 0 atom stereocenters. The van der Waals surface area contributed by atoms with Gasteiger partial charge in [-0.3, -0.25) is 14.3 Å². The summed E-state index contributed by atoms with van der Waals surface area (Å²) < 4.78 is 1.52. The molecule has 21 heavy (non-hydrogen) atoms. The molecule has 1 amide bonds. The van der Waals surface area contributed by atoms with Gasteiger partial charge < -0.3 is 5.32 Å². The molecule has 0 bridgehead atoms. The largest absolute Gasteiger partial charge is 0.351 e. The van der Waals surface area contributed by atoms with Gasteiger partial charge >= 0.3 is 0 Å². The zero-order valence-corrected chi connectivity index (χ0v) is 13.1. The van der Waals surface area contributed by atoms with Gasteiger partial charge in [0, 0.05) is 18.6 Å². The highest BCUT2D eigenvalue weighted by molar-refractivity contribution is 6.31. The lowest BCUT2D eigenvalue weighted by Gasteiger charge is -2.09. The van der Waals surface area contributed by atoms with Gasteiger partial charge in [0.2, 0.25) is 5.43 Å². The van der Waals surface area contributed by atoms with Crippen LogP contribution in [-0.2, 0) is 7.05 Å². The first kappa shape index (κ1) is 15.5. The Morgan fingerprint density at radius 3 is 2.81 bits per heavy atom. The first-order valence-electron chi connectivity index (χ1n) is 6.85. The summed E-state index contributed by atoms with van der Waals surface area (Å²) in [6, 6.07) is 4.96. The molecule has 6 heteroatoms. The predicted molar refractivity (Wildman–Crippen MR) is 83.8 cm³/mol. The number of carbonyl (C=O) groups excluding carboxylic acids is 1. The summed E-state index contributed by atoms with van der Waals surface area (Å²) in [7, 11) is 1.70. The van der Waals surface area contributed by atoms with Crippen molar-refractivity contribution in [3.63, 3.8) is 0 Å². The van der Waals surface area contributed by atoms with E-state index >= 15 is 0 Å². The number of nitrogens with one attached hydrogen (secondary N) is 1. The highest BCUT2D eigenvalue weighted by Gasteiger charge is 2.16. The van der Waals surface area contributed by atoms with Crippen molar-refractivity contribution in [2.24, 2.45) is 13.0 Å². The van der Waals surface area contributed by atoms with Gasteiger partial charge in [0.05, 0.1) is 10.9 Å². The molecule has 0 fully saturated rings. The highest BCUT2D eigenvalue weighted by Crippen LogP contribution is 2.15. The molecule has 0 aliphatic rings. The van der Waals surface area contributed by atoms with Crippen LogP contribution < -0.4 is 10.7 Å². The van der Waals surface area contributed by atoms with Gasteiger partial charge in [0.25, 0.3) is 5.91 Å². The lowest BCUT2D eigenvalue weighted by atomic mass is 10.1. The minimum absolute atomic E-state index is 0.101. The Labute approximate surface area is 127 Å². The Morgan fingerprint density at radius 2 is 2.14 bits per heavy atom. The Balaban J connectivity index is 2.38. The molecule has 0 saturated heterocycles. The van der Waals surface area contributed by atoms with Gasteiger partial charge in [-0.05, 0) is 30.5 Å². The van der Waals surface area contributed by atoms with Crippen LogP contribution in [0, 0.1) is 5.92 Å². The van der Waals surface area contributed by atoms with Gasteiger partial charge in [0.15, 0.2) is 5.69 Å². The van der Waals surface area contributed by atoms with E-state index < -0.39 is 11.3 Å². The second-order valence-electron chi connectivity index (χ2n) is 5.40. The van der Waals surface area contributed by atoms with E-state index in [1.54, 1.807) is 25.2 Å². The second kappa shape index (κ2) is 6.26. The fraction of sp³-hybridized carbons (Fsp3) is 0.400. The van der Waals surface area contributed by atoms with E-state index in [1.165, 1.54) is 4.68 Å². The van der Waals surface area contributed by atoms with Gasteiger partial charge in [-0.2, -0.15) is 5.10 Å². The Bertz CT molecular complexity index is 738.